The van der Waals surface area contributed by atoms with E-state index in [1.54, 1.807) is 12.1 Å². The second kappa shape index (κ2) is 8.86. The summed E-state index contributed by atoms with van der Waals surface area (Å²) in [6.45, 7) is 3.57. The van der Waals surface area contributed by atoms with Crippen LogP contribution in [0.25, 0.3) is 17.0 Å². The van der Waals surface area contributed by atoms with E-state index in [4.69, 9.17) is 0 Å². The highest BCUT2D eigenvalue weighted by molar-refractivity contribution is 8.00. The number of alkyl halides is 3. The van der Waals surface area contributed by atoms with Crippen LogP contribution >= 0.6 is 11.8 Å². The van der Waals surface area contributed by atoms with Gasteiger partial charge in [0.05, 0.1) is 10.8 Å². The number of aromatic nitrogens is 4. The second-order valence-corrected chi connectivity index (χ2v) is 8.66. The van der Waals surface area contributed by atoms with Gasteiger partial charge in [0.1, 0.15) is 5.03 Å². The minimum absolute atomic E-state index is 0.126. The van der Waals surface area contributed by atoms with E-state index >= 15 is 0 Å². The van der Waals surface area contributed by atoms with Crippen LogP contribution in [0.1, 0.15) is 38.2 Å². The number of hydrogen-bond acceptors (Lipinski definition) is 5. The SMILES string of the molecule is CC[C@@H](Sc1ccc2nnc(-c3ccc(C(F)(F)F)cc3)n2n1)C(=O)N1CCCCC1. The standard InChI is InChI=1S/C21H22F3N5OS/c1-2-16(20(30)28-12-4-3-5-13-28)31-18-11-10-17-25-26-19(29(17)27-18)14-6-8-15(9-7-14)21(22,23)24/h6-11,16H,2-5,12-13H2,1H3/t16-/m1/s1. The molecule has 1 aromatic carbocycles. The molecule has 1 saturated heterocycles. The predicted octanol–water partition coefficient (Wildman–Crippen LogP) is 4.69. The summed E-state index contributed by atoms with van der Waals surface area (Å²) in [5.74, 6) is 0.474. The summed E-state index contributed by atoms with van der Waals surface area (Å²) in [6.07, 6.45) is -0.494. The van der Waals surface area contributed by atoms with Crippen LogP contribution in [0.15, 0.2) is 41.4 Å². The fraction of sp³-hybridized carbons (Fsp3) is 0.429. The highest BCUT2D eigenvalue weighted by Gasteiger charge is 2.30. The minimum atomic E-state index is -4.40. The van der Waals surface area contributed by atoms with Crippen molar-refractivity contribution in [2.75, 3.05) is 13.1 Å². The first-order valence-corrected chi connectivity index (χ1v) is 11.1. The van der Waals surface area contributed by atoms with Gasteiger partial charge in [0.25, 0.3) is 0 Å². The molecule has 0 spiro atoms. The summed E-state index contributed by atoms with van der Waals surface area (Å²) in [5, 5.41) is 13.1. The summed E-state index contributed by atoms with van der Waals surface area (Å²) in [5.41, 5.74) is 0.234. The lowest BCUT2D eigenvalue weighted by Crippen LogP contribution is -2.40. The smallest absolute Gasteiger partial charge is 0.342 e. The second-order valence-electron chi connectivity index (χ2n) is 7.44. The van der Waals surface area contributed by atoms with Crippen molar-refractivity contribution in [2.24, 2.45) is 0 Å². The summed E-state index contributed by atoms with van der Waals surface area (Å²) < 4.78 is 40.0. The molecule has 0 aliphatic carbocycles. The largest absolute Gasteiger partial charge is 0.416 e. The van der Waals surface area contributed by atoms with E-state index in [1.165, 1.54) is 28.4 Å². The third-order valence-electron chi connectivity index (χ3n) is 5.29. The fourth-order valence-electron chi connectivity index (χ4n) is 3.60. The van der Waals surface area contributed by atoms with Crippen LogP contribution in [0.3, 0.4) is 0 Å². The molecule has 1 aliphatic rings. The van der Waals surface area contributed by atoms with E-state index in [2.05, 4.69) is 15.3 Å². The Kier molecular flexibility index (Phi) is 6.17. The number of benzene rings is 1. The van der Waals surface area contributed by atoms with E-state index in [-0.39, 0.29) is 11.2 Å². The summed E-state index contributed by atoms with van der Waals surface area (Å²) in [4.78, 5) is 14.8. The first-order chi connectivity index (χ1) is 14.9. The Bertz CT molecular complexity index is 1060. The van der Waals surface area contributed by atoms with E-state index in [0.29, 0.717) is 28.5 Å². The van der Waals surface area contributed by atoms with E-state index in [1.807, 2.05) is 11.8 Å². The van der Waals surface area contributed by atoms with Crippen molar-refractivity contribution in [2.45, 2.75) is 49.1 Å². The zero-order valence-corrected chi connectivity index (χ0v) is 17.8. The Balaban J connectivity index is 1.58. The van der Waals surface area contributed by atoms with Crippen LogP contribution in [0.4, 0.5) is 13.2 Å². The van der Waals surface area contributed by atoms with E-state index in [0.717, 1.165) is 44.5 Å². The Hall–Kier alpha value is -2.62. The van der Waals surface area contributed by atoms with Crippen molar-refractivity contribution >= 4 is 23.3 Å². The van der Waals surface area contributed by atoms with Crippen molar-refractivity contribution in [1.29, 1.82) is 0 Å². The molecule has 1 amide bonds. The number of piperidine rings is 1. The number of carbonyl (C=O) groups is 1. The van der Waals surface area contributed by atoms with Crippen molar-refractivity contribution in [1.82, 2.24) is 24.7 Å². The van der Waals surface area contributed by atoms with Gasteiger partial charge in [0.15, 0.2) is 11.5 Å². The number of thioether (sulfide) groups is 1. The first-order valence-electron chi connectivity index (χ1n) is 10.2. The molecule has 10 heteroatoms. The van der Waals surface area contributed by atoms with E-state index < -0.39 is 11.7 Å². The molecule has 0 N–H and O–H groups in total. The Morgan fingerprint density at radius 1 is 1.06 bits per heavy atom. The van der Waals surface area contributed by atoms with Crippen molar-refractivity contribution in [3.8, 4) is 11.4 Å². The summed E-state index contributed by atoms with van der Waals surface area (Å²) >= 11 is 1.39. The number of amides is 1. The fourth-order valence-corrected chi connectivity index (χ4v) is 4.58. The van der Waals surface area contributed by atoms with Crippen LogP contribution in [0, 0.1) is 0 Å². The molecule has 1 fully saturated rings. The van der Waals surface area contributed by atoms with Gasteiger partial charge in [0.2, 0.25) is 5.91 Å². The van der Waals surface area contributed by atoms with Crippen LogP contribution in [-0.2, 0) is 11.0 Å². The lowest BCUT2D eigenvalue weighted by Gasteiger charge is -2.29. The molecule has 0 radical (unpaired) electrons. The van der Waals surface area contributed by atoms with Crippen molar-refractivity contribution in [3.05, 3.63) is 42.0 Å². The highest BCUT2D eigenvalue weighted by Crippen LogP contribution is 2.31. The van der Waals surface area contributed by atoms with Gasteiger partial charge >= 0.3 is 6.18 Å². The lowest BCUT2D eigenvalue weighted by molar-refractivity contribution is -0.137. The predicted molar refractivity (Wildman–Crippen MR) is 112 cm³/mol. The van der Waals surface area contributed by atoms with Gasteiger partial charge in [-0.1, -0.05) is 30.8 Å². The van der Waals surface area contributed by atoms with Gasteiger partial charge in [-0.25, -0.2) is 0 Å². The molecule has 4 rings (SSSR count). The Morgan fingerprint density at radius 3 is 2.42 bits per heavy atom. The lowest BCUT2D eigenvalue weighted by atomic mass is 10.1. The van der Waals surface area contributed by atoms with Gasteiger partial charge in [-0.15, -0.1) is 10.2 Å². The minimum Gasteiger partial charge on any atom is -0.342 e. The maximum absolute atomic E-state index is 12.9. The number of halogens is 3. The molecule has 0 unspecified atom stereocenters. The monoisotopic (exact) mass is 449 g/mol. The highest BCUT2D eigenvalue weighted by atomic mass is 32.2. The number of nitrogens with zero attached hydrogens (tertiary/aromatic N) is 5. The Morgan fingerprint density at radius 2 is 1.77 bits per heavy atom. The molecule has 0 bridgehead atoms. The zero-order chi connectivity index (χ0) is 22.0. The summed E-state index contributed by atoms with van der Waals surface area (Å²) in [6, 6.07) is 8.27. The number of carbonyl (C=O) groups excluding carboxylic acids is 1. The molecule has 0 saturated carbocycles. The van der Waals surface area contributed by atoms with Crippen LogP contribution < -0.4 is 0 Å². The maximum atomic E-state index is 12.9. The molecule has 1 aliphatic heterocycles. The molecule has 31 heavy (non-hydrogen) atoms. The third kappa shape index (κ3) is 4.68. The van der Waals surface area contributed by atoms with Crippen molar-refractivity contribution in [3.63, 3.8) is 0 Å². The molecule has 3 heterocycles. The molecular weight excluding hydrogens is 427 g/mol. The summed E-state index contributed by atoms with van der Waals surface area (Å²) in [7, 11) is 0. The van der Waals surface area contributed by atoms with Gasteiger partial charge in [-0.3, -0.25) is 4.79 Å². The Labute approximate surface area is 181 Å². The van der Waals surface area contributed by atoms with Crippen molar-refractivity contribution < 1.29 is 18.0 Å². The van der Waals surface area contributed by atoms with Gasteiger partial charge in [0, 0.05) is 18.7 Å². The maximum Gasteiger partial charge on any atom is 0.416 e. The number of hydrogen-bond donors (Lipinski definition) is 0. The normalized spacial score (nSPS) is 15.9. The number of likely N-dealkylation sites (tertiary alicyclic amines) is 1. The zero-order valence-electron chi connectivity index (χ0n) is 17.0. The van der Waals surface area contributed by atoms with Gasteiger partial charge < -0.3 is 4.90 Å². The van der Waals surface area contributed by atoms with Crippen LogP contribution in [0.2, 0.25) is 0 Å². The van der Waals surface area contributed by atoms with Gasteiger partial charge in [-0.05, 0) is 49.9 Å². The van der Waals surface area contributed by atoms with Crippen LogP contribution in [0.5, 0.6) is 0 Å². The molecule has 3 aromatic rings. The average Bonchev–Trinajstić information content (AvgIpc) is 3.20. The van der Waals surface area contributed by atoms with Crippen LogP contribution in [-0.4, -0.2) is 49.0 Å². The molecular formula is C21H22F3N5OS. The first kappa shape index (κ1) is 21.6. The number of fused-ring (bicyclic) bond motifs is 1. The quantitative estimate of drug-likeness (QED) is 0.529. The topological polar surface area (TPSA) is 63.4 Å². The average molecular weight is 450 g/mol. The molecule has 1 atom stereocenters. The molecule has 2 aromatic heterocycles. The number of rotatable bonds is 5. The molecule has 164 valence electrons. The third-order valence-corrected chi connectivity index (χ3v) is 6.56. The molecule has 6 nitrogen and oxygen atoms in total. The van der Waals surface area contributed by atoms with Gasteiger partial charge in [-0.2, -0.15) is 22.8 Å². The van der Waals surface area contributed by atoms with E-state index in [9.17, 15) is 18.0 Å².